The Morgan fingerprint density at radius 1 is 1.00 bits per heavy atom. The normalized spacial score (nSPS) is 28.4. The van der Waals surface area contributed by atoms with E-state index in [2.05, 4.69) is 0 Å². The second kappa shape index (κ2) is 4.00. The highest BCUT2D eigenvalue weighted by molar-refractivity contribution is 4.89. The molecule has 13 heavy (non-hydrogen) atoms. The lowest BCUT2D eigenvalue weighted by Crippen LogP contribution is -2.24. The average molecular weight is 182 g/mol. The predicted molar refractivity (Wildman–Crippen MR) is 54.6 cm³/mol. The van der Waals surface area contributed by atoms with E-state index in [0.29, 0.717) is 6.61 Å². The Morgan fingerprint density at radius 2 is 1.62 bits per heavy atom. The van der Waals surface area contributed by atoms with Crippen LogP contribution in [0.2, 0.25) is 0 Å². The van der Waals surface area contributed by atoms with Crippen molar-refractivity contribution in [2.45, 2.75) is 57.8 Å². The van der Waals surface area contributed by atoms with Gasteiger partial charge >= 0.3 is 0 Å². The molecule has 0 aromatic rings. The minimum atomic E-state index is 0.400. The van der Waals surface area contributed by atoms with E-state index in [9.17, 15) is 0 Å². The molecule has 0 aromatic carbocycles. The molecule has 1 nitrogen and oxygen atoms in total. The Labute approximate surface area is 81.5 Å². The molecule has 0 heterocycles. The Hall–Kier alpha value is -0.0400. The smallest absolute Gasteiger partial charge is 0.0433 e. The summed E-state index contributed by atoms with van der Waals surface area (Å²) in [5.74, 6) is 0.844. The van der Waals surface area contributed by atoms with Crippen LogP contribution < -0.4 is 0 Å². The van der Waals surface area contributed by atoms with Gasteiger partial charge in [-0.1, -0.05) is 12.8 Å². The van der Waals surface area contributed by atoms with Crippen LogP contribution in [0.3, 0.4) is 0 Å². The first kappa shape index (κ1) is 9.51. The van der Waals surface area contributed by atoms with Gasteiger partial charge in [-0.25, -0.2) is 0 Å². The van der Waals surface area contributed by atoms with E-state index in [4.69, 9.17) is 5.11 Å². The van der Waals surface area contributed by atoms with Crippen LogP contribution in [0, 0.1) is 11.3 Å². The van der Waals surface area contributed by atoms with Crippen LogP contribution in [-0.4, -0.2) is 11.7 Å². The molecule has 0 saturated heterocycles. The van der Waals surface area contributed by atoms with Crippen LogP contribution in [0.15, 0.2) is 0 Å². The van der Waals surface area contributed by atoms with Crippen molar-refractivity contribution in [1.29, 1.82) is 0 Å². The fourth-order valence-corrected chi connectivity index (χ4v) is 3.39. The fourth-order valence-electron chi connectivity index (χ4n) is 3.39. The third kappa shape index (κ3) is 2.07. The lowest BCUT2D eigenvalue weighted by Gasteiger charge is -2.37. The second-order valence-corrected chi connectivity index (χ2v) is 5.16. The fraction of sp³-hybridized carbons (Fsp3) is 1.00. The molecule has 2 fully saturated rings. The quantitative estimate of drug-likeness (QED) is 0.695. The maximum atomic E-state index is 8.88. The molecule has 2 aliphatic rings. The van der Waals surface area contributed by atoms with Crippen LogP contribution in [0.25, 0.3) is 0 Å². The molecule has 0 amide bonds. The summed E-state index contributed by atoms with van der Waals surface area (Å²) < 4.78 is 0. The van der Waals surface area contributed by atoms with Crippen molar-refractivity contribution in [2.24, 2.45) is 11.3 Å². The molecule has 1 heteroatoms. The predicted octanol–water partition coefficient (Wildman–Crippen LogP) is 3.12. The highest BCUT2D eigenvalue weighted by atomic mass is 16.3. The number of hydrogen-bond donors (Lipinski definition) is 1. The standard InChI is InChI=1S/C12H22O/c13-10-5-11-3-8-12(9-4-11)6-1-2-7-12/h11,13H,1-10H2. The van der Waals surface area contributed by atoms with Gasteiger partial charge in [0.05, 0.1) is 0 Å². The monoisotopic (exact) mass is 182 g/mol. The zero-order valence-electron chi connectivity index (χ0n) is 8.60. The molecule has 76 valence electrons. The molecule has 1 N–H and O–H groups in total. The first-order valence-electron chi connectivity index (χ1n) is 5.96. The molecule has 0 aromatic heterocycles. The number of hydrogen-bond acceptors (Lipinski definition) is 1. The van der Waals surface area contributed by atoms with Gasteiger partial charge in [-0.05, 0) is 56.3 Å². The molecule has 0 atom stereocenters. The van der Waals surface area contributed by atoms with E-state index in [1.54, 1.807) is 0 Å². The number of rotatable bonds is 2. The summed E-state index contributed by atoms with van der Waals surface area (Å²) in [5, 5.41) is 8.88. The molecule has 1 spiro atoms. The first-order chi connectivity index (χ1) is 6.35. The van der Waals surface area contributed by atoms with Crippen molar-refractivity contribution in [1.82, 2.24) is 0 Å². The summed E-state index contributed by atoms with van der Waals surface area (Å²) in [6.07, 6.45) is 12.7. The number of aliphatic hydroxyl groups is 1. The van der Waals surface area contributed by atoms with Crippen molar-refractivity contribution in [3.63, 3.8) is 0 Å². The molecule has 0 unspecified atom stereocenters. The Morgan fingerprint density at radius 3 is 2.15 bits per heavy atom. The Balaban J connectivity index is 1.81. The minimum Gasteiger partial charge on any atom is -0.396 e. The molecule has 2 saturated carbocycles. The zero-order valence-corrected chi connectivity index (χ0v) is 8.60. The van der Waals surface area contributed by atoms with Crippen LogP contribution in [0.5, 0.6) is 0 Å². The van der Waals surface area contributed by atoms with Crippen molar-refractivity contribution < 1.29 is 5.11 Å². The Bertz CT molecular complexity index is 149. The first-order valence-corrected chi connectivity index (χ1v) is 5.96. The highest BCUT2D eigenvalue weighted by Gasteiger charge is 2.36. The summed E-state index contributed by atoms with van der Waals surface area (Å²) in [6.45, 7) is 0.400. The van der Waals surface area contributed by atoms with Crippen molar-refractivity contribution in [3.05, 3.63) is 0 Å². The molecule has 0 radical (unpaired) electrons. The second-order valence-electron chi connectivity index (χ2n) is 5.16. The van der Waals surface area contributed by atoms with Crippen LogP contribution in [0.4, 0.5) is 0 Å². The van der Waals surface area contributed by atoms with Crippen LogP contribution in [0.1, 0.15) is 57.8 Å². The van der Waals surface area contributed by atoms with Crippen molar-refractivity contribution in [2.75, 3.05) is 6.61 Å². The maximum Gasteiger partial charge on any atom is 0.0433 e. The van der Waals surface area contributed by atoms with Gasteiger partial charge < -0.3 is 5.11 Å². The molecular formula is C12H22O. The zero-order chi connectivity index (χ0) is 9.15. The lowest BCUT2D eigenvalue weighted by atomic mass is 9.69. The Kier molecular flexibility index (Phi) is 2.92. The van der Waals surface area contributed by atoms with Crippen LogP contribution in [-0.2, 0) is 0 Å². The minimum absolute atomic E-state index is 0.400. The van der Waals surface area contributed by atoms with E-state index in [1.807, 2.05) is 0 Å². The van der Waals surface area contributed by atoms with Gasteiger partial charge in [-0.3, -0.25) is 0 Å². The van der Waals surface area contributed by atoms with Crippen LogP contribution >= 0.6 is 0 Å². The molecule has 0 bridgehead atoms. The SMILES string of the molecule is OCCC1CCC2(CCCC2)CC1. The maximum absolute atomic E-state index is 8.88. The van der Waals surface area contributed by atoms with Gasteiger partial charge in [0.15, 0.2) is 0 Å². The van der Waals surface area contributed by atoms with Gasteiger partial charge in [0.1, 0.15) is 0 Å². The highest BCUT2D eigenvalue weighted by Crippen LogP contribution is 2.50. The largest absolute Gasteiger partial charge is 0.396 e. The summed E-state index contributed by atoms with van der Waals surface area (Å²) >= 11 is 0. The molecular weight excluding hydrogens is 160 g/mol. The molecule has 2 rings (SSSR count). The lowest BCUT2D eigenvalue weighted by molar-refractivity contribution is 0.135. The molecule has 0 aliphatic heterocycles. The van der Waals surface area contributed by atoms with E-state index in [1.165, 1.54) is 51.4 Å². The third-order valence-electron chi connectivity index (χ3n) is 4.37. The van der Waals surface area contributed by atoms with Gasteiger partial charge in [0.25, 0.3) is 0 Å². The van der Waals surface area contributed by atoms with E-state index >= 15 is 0 Å². The van der Waals surface area contributed by atoms with Gasteiger partial charge in [0.2, 0.25) is 0 Å². The third-order valence-corrected chi connectivity index (χ3v) is 4.37. The number of aliphatic hydroxyl groups excluding tert-OH is 1. The topological polar surface area (TPSA) is 20.2 Å². The van der Waals surface area contributed by atoms with Crippen molar-refractivity contribution in [3.8, 4) is 0 Å². The van der Waals surface area contributed by atoms with Gasteiger partial charge in [-0.2, -0.15) is 0 Å². The summed E-state index contributed by atoms with van der Waals surface area (Å²) in [4.78, 5) is 0. The molecule has 2 aliphatic carbocycles. The summed E-state index contributed by atoms with van der Waals surface area (Å²) in [7, 11) is 0. The average Bonchev–Trinajstić information content (AvgIpc) is 2.59. The van der Waals surface area contributed by atoms with E-state index in [0.717, 1.165) is 17.8 Å². The van der Waals surface area contributed by atoms with E-state index < -0.39 is 0 Å². The summed E-state index contributed by atoms with van der Waals surface area (Å²) in [5.41, 5.74) is 0.770. The van der Waals surface area contributed by atoms with E-state index in [-0.39, 0.29) is 0 Å². The van der Waals surface area contributed by atoms with Gasteiger partial charge in [-0.15, -0.1) is 0 Å². The van der Waals surface area contributed by atoms with Crippen molar-refractivity contribution >= 4 is 0 Å². The van der Waals surface area contributed by atoms with Gasteiger partial charge in [0, 0.05) is 6.61 Å². The summed E-state index contributed by atoms with van der Waals surface area (Å²) in [6, 6.07) is 0.